The molecule has 1 aliphatic rings. The Morgan fingerprint density at radius 3 is 2.85 bits per heavy atom. The molecule has 0 atom stereocenters. The highest BCUT2D eigenvalue weighted by atomic mass is 16.5. The second kappa shape index (κ2) is 3.70. The average molecular weight is 179 g/mol. The number of nitrogen functional groups attached to an aromatic ring is 1. The molecule has 1 aliphatic heterocycles. The van der Waals surface area contributed by atoms with Crippen molar-refractivity contribution < 1.29 is 4.74 Å². The average Bonchev–Trinajstić information content (AvgIpc) is 2.19. The van der Waals surface area contributed by atoms with Crippen molar-refractivity contribution >= 4 is 5.82 Å². The zero-order valence-electron chi connectivity index (χ0n) is 7.44. The van der Waals surface area contributed by atoms with E-state index in [0.717, 1.165) is 31.9 Å². The van der Waals surface area contributed by atoms with Crippen LogP contribution in [0.2, 0.25) is 0 Å². The van der Waals surface area contributed by atoms with Gasteiger partial charge in [0.1, 0.15) is 11.6 Å². The van der Waals surface area contributed by atoms with Gasteiger partial charge in [-0.15, -0.1) is 0 Å². The van der Waals surface area contributed by atoms with Crippen LogP contribution < -0.4 is 5.73 Å². The summed E-state index contributed by atoms with van der Waals surface area (Å²) in [5.41, 5.74) is 5.58. The van der Waals surface area contributed by atoms with Gasteiger partial charge in [-0.1, -0.05) is 0 Å². The zero-order chi connectivity index (χ0) is 9.10. The highest BCUT2D eigenvalue weighted by molar-refractivity contribution is 5.25. The Labute approximate surface area is 77.1 Å². The maximum Gasteiger partial charge on any atom is 0.133 e. The van der Waals surface area contributed by atoms with Crippen LogP contribution in [0.15, 0.2) is 12.3 Å². The Balaban J connectivity index is 2.14. The second-order valence-corrected chi connectivity index (χ2v) is 3.23. The molecule has 2 heterocycles. The largest absolute Gasteiger partial charge is 0.384 e. The number of ether oxygens (including phenoxy) is 1. The van der Waals surface area contributed by atoms with E-state index in [0.29, 0.717) is 11.7 Å². The van der Waals surface area contributed by atoms with Crippen LogP contribution >= 0.6 is 0 Å². The lowest BCUT2D eigenvalue weighted by Gasteiger charge is -2.20. The van der Waals surface area contributed by atoms with Gasteiger partial charge in [-0.3, -0.25) is 0 Å². The molecule has 2 N–H and O–H groups in total. The van der Waals surface area contributed by atoms with Gasteiger partial charge in [0.15, 0.2) is 0 Å². The first-order valence-corrected chi connectivity index (χ1v) is 4.52. The molecule has 0 bridgehead atoms. The van der Waals surface area contributed by atoms with Gasteiger partial charge in [-0.25, -0.2) is 9.97 Å². The molecule has 0 unspecified atom stereocenters. The molecule has 1 saturated heterocycles. The summed E-state index contributed by atoms with van der Waals surface area (Å²) in [6, 6.07) is 1.71. The zero-order valence-corrected chi connectivity index (χ0v) is 7.44. The Morgan fingerprint density at radius 2 is 2.15 bits per heavy atom. The van der Waals surface area contributed by atoms with Gasteiger partial charge in [-0.05, 0) is 18.9 Å². The van der Waals surface area contributed by atoms with Crippen LogP contribution in [-0.4, -0.2) is 23.2 Å². The van der Waals surface area contributed by atoms with Crippen molar-refractivity contribution in [1.29, 1.82) is 0 Å². The second-order valence-electron chi connectivity index (χ2n) is 3.23. The maximum absolute atomic E-state index is 5.58. The predicted octanol–water partition coefficient (Wildman–Crippen LogP) is 0.953. The van der Waals surface area contributed by atoms with Gasteiger partial charge in [-0.2, -0.15) is 0 Å². The number of nitrogens with zero attached hydrogens (tertiary/aromatic N) is 2. The van der Waals surface area contributed by atoms with Crippen LogP contribution in [0.4, 0.5) is 5.82 Å². The van der Waals surface area contributed by atoms with Crippen molar-refractivity contribution in [2.24, 2.45) is 0 Å². The van der Waals surface area contributed by atoms with Gasteiger partial charge in [0.05, 0.1) is 0 Å². The minimum atomic E-state index is 0.428. The first kappa shape index (κ1) is 8.44. The van der Waals surface area contributed by atoms with Crippen LogP contribution in [-0.2, 0) is 4.74 Å². The van der Waals surface area contributed by atoms with Crippen molar-refractivity contribution in [2.75, 3.05) is 18.9 Å². The van der Waals surface area contributed by atoms with Crippen molar-refractivity contribution in [3.63, 3.8) is 0 Å². The van der Waals surface area contributed by atoms with E-state index >= 15 is 0 Å². The number of anilines is 1. The van der Waals surface area contributed by atoms with E-state index in [9.17, 15) is 0 Å². The highest BCUT2D eigenvalue weighted by Gasteiger charge is 2.18. The molecule has 0 aromatic carbocycles. The third-order valence-corrected chi connectivity index (χ3v) is 2.28. The molecule has 0 saturated carbocycles. The van der Waals surface area contributed by atoms with Crippen LogP contribution in [0.1, 0.15) is 24.6 Å². The van der Waals surface area contributed by atoms with E-state index in [1.54, 1.807) is 12.3 Å². The third kappa shape index (κ3) is 1.95. The topological polar surface area (TPSA) is 61.0 Å². The quantitative estimate of drug-likeness (QED) is 0.697. The summed E-state index contributed by atoms with van der Waals surface area (Å²) in [7, 11) is 0. The summed E-state index contributed by atoms with van der Waals surface area (Å²) in [4.78, 5) is 8.42. The minimum absolute atomic E-state index is 0.428. The van der Waals surface area contributed by atoms with Crippen molar-refractivity contribution in [3.05, 3.63) is 18.1 Å². The van der Waals surface area contributed by atoms with E-state index in [4.69, 9.17) is 10.5 Å². The molecule has 70 valence electrons. The molecule has 13 heavy (non-hydrogen) atoms. The number of hydrogen-bond acceptors (Lipinski definition) is 4. The van der Waals surface area contributed by atoms with E-state index in [1.165, 1.54) is 0 Å². The van der Waals surface area contributed by atoms with Gasteiger partial charge >= 0.3 is 0 Å². The molecule has 0 spiro atoms. The normalized spacial score (nSPS) is 18.8. The van der Waals surface area contributed by atoms with Gasteiger partial charge in [0.25, 0.3) is 0 Å². The molecule has 0 amide bonds. The number of nitrogens with two attached hydrogens (primary N) is 1. The third-order valence-electron chi connectivity index (χ3n) is 2.28. The first-order valence-electron chi connectivity index (χ1n) is 4.52. The lowest BCUT2D eigenvalue weighted by molar-refractivity contribution is 0.0836. The summed E-state index contributed by atoms with van der Waals surface area (Å²) >= 11 is 0. The lowest BCUT2D eigenvalue weighted by Crippen LogP contribution is -2.16. The summed E-state index contributed by atoms with van der Waals surface area (Å²) < 4.78 is 5.26. The summed E-state index contributed by atoms with van der Waals surface area (Å²) in [6.07, 6.45) is 3.72. The molecule has 0 radical (unpaired) electrons. The van der Waals surface area contributed by atoms with Gasteiger partial charge < -0.3 is 10.5 Å². The van der Waals surface area contributed by atoms with E-state index in [-0.39, 0.29) is 0 Å². The Morgan fingerprint density at radius 1 is 1.38 bits per heavy atom. The predicted molar refractivity (Wildman–Crippen MR) is 49.2 cm³/mol. The molecular weight excluding hydrogens is 166 g/mol. The Kier molecular flexibility index (Phi) is 2.40. The Hall–Kier alpha value is -1.16. The van der Waals surface area contributed by atoms with Crippen molar-refractivity contribution in [2.45, 2.75) is 18.8 Å². The van der Waals surface area contributed by atoms with E-state index < -0.39 is 0 Å². The fourth-order valence-corrected chi connectivity index (χ4v) is 1.54. The van der Waals surface area contributed by atoms with Gasteiger partial charge in [0.2, 0.25) is 0 Å². The maximum atomic E-state index is 5.58. The molecule has 1 aromatic rings. The monoisotopic (exact) mass is 179 g/mol. The van der Waals surface area contributed by atoms with Crippen LogP contribution in [0.5, 0.6) is 0 Å². The molecule has 1 fully saturated rings. The molecule has 4 nitrogen and oxygen atoms in total. The van der Waals surface area contributed by atoms with E-state index in [2.05, 4.69) is 9.97 Å². The molecule has 1 aromatic heterocycles. The summed E-state index contributed by atoms with van der Waals surface area (Å²) in [5, 5.41) is 0. The Bertz CT molecular complexity index is 284. The van der Waals surface area contributed by atoms with Crippen molar-refractivity contribution in [3.8, 4) is 0 Å². The van der Waals surface area contributed by atoms with Gasteiger partial charge in [0, 0.05) is 25.3 Å². The molecule has 0 aliphatic carbocycles. The number of rotatable bonds is 1. The SMILES string of the molecule is Nc1ccnc(C2CCOCC2)n1. The van der Waals surface area contributed by atoms with Crippen LogP contribution in [0.3, 0.4) is 0 Å². The number of aromatic nitrogens is 2. The minimum Gasteiger partial charge on any atom is -0.384 e. The fourth-order valence-electron chi connectivity index (χ4n) is 1.54. The fraction of sp³-hybridized carbons (Fsp3) is 0.556. The smallest absolute Gasteiger partial charge is 0.133 e. The lowest BCUT2D eigenvalue weighted by atomic mass is 9.99. The highest BCUT2D eigenvalue weighted by Crippen LogP contribution is 2.23. The standard InChI is InChI=1S/C9H13N3O/c10-8-1-4-11-9(12-8)7-2-5-13-6-3-7/h1,4,7H,2-3,5-6H2,(H2,10,11,12). The summed E-state index contributed by atoms with van der Waals surface area (Å²) in [6.45, 7) is 1.62. The molecule has 4 heteroatoms. The molecular formula is C9H13N3O. The van der Waals surface area contributed by atoms with E-state index in [1.807, 2.05) is 0 Å². The van der Waals surface area contributed by atoms with Crippen LogP contribution in [0, 0.1) is 0 Å². The number of hydrogen-bond donors (Lipinski definition) is 1. The molecule has 2 rings (SSSR count). The van der Waals surface area contributed by atoms with Crippen molar-refractivity contribution in [1.82, 2.24) is 9.97 Å². The summed E-state index contributed by atoms with van der Waals surface area (Å²) in [5.74, 6) is 1.84. The first-order chi connectivity index (χ1) is 6.36. The van der Waals surface area contributed by atoms with Crippen LogP contribution in [0.25, 0.3) is 0 Å².